The maximum Gasteiger partial charge on any atom is 0.291 e. The zero-order valence-corrected chi connectivity index (χ0v) is 21.8. The van der Waals surface area contributed by atoms with Crippen LogP contribution in [0.15, 0.2) is 69.9 Å². The minimum absolute atomic E-state index is 0.0813. The predicted octanol–water partition coefficient (Wildman–Crippen LogP) is 4.61. The van der Waals surface area contributed by atoms with Crippen LogP contribution in [0.25, 0.3) is 11.0 Å². The van der Waals surface area contributed by atoms with Crippen molar-refractivity contribution in [2.45, 2.75) is 32.9 Å². The van der Waals surface area contributed by atoms with Crippen LogP contribution in [0.3, 0.4) is 0 Å². The minimum Gasteiger partial charge on any atom is -0.450 e. The van der Waals surface area contributed by atoms with E-state index in [0.29, 0.717) is 28.8 Å². The van der Waals surface area contributed by atoms with Gasteiger partial charge < -0.3 is 19.0 Å². The number of methoxy groups -OCH3 is 1. The van der Waals surface area contributed by atoms with E-state index in [1.807, 2.05) is 69.3 Å². The molecule has 0 N–H and O–H groups in total. The molecule has 0 aliphatic carbocycles. The molecule has 7 nitrogen and oxygen atoms in total. The van der Waals surface area contributed by atoms with Gasteiger partial charge in [-0.3, -0.25) is 14.4 Å². The van der Waals surface area contributed by atoms with Crippen molar-refractivity contribution in [1.82, 2.24) is 4.90 Å². The van der Waals surface area contributed by atoms with Gasteiger partial charge in [0.2, 0.25) is 5.76 Å². The van der Waals surface area contributed by atoms with Crippen molar-refractivity contribution < 1.29 is 18.7 Å². The average Bonchev–Trinajstić information content (AvgIpc) is 3.30. The monoisotopic (exact) mass is 508 g/mol. The number of carbonyl (C=O) groups excluding carboxylic acids is 2. The molecule has 2 aliphatic rings. The van der Waals surface area contributed by atoms with E-state index in [4.69, 9.17) is 9.15 Å². The van der Waals surface area contributed by atoms with Crippen LogP contribution >= 0.6 is 0 Å². The lowest BCUT2D eigenvalue weighted by atomic mass is 9.84. The molecule has 4 aromatic rings. The lowest BCUT2D eigenvalue weighted by Gasteiger charge is -2.34. The molecule has 38 heavy (non-hydrogen) atoms. The van der Waals surface area contributed by atoms with Crippen molar-refractivity contribution in [3.05, 3.63) is 110 Å². The van der Waals surface area contributed by atoms with Crippen LogP contribution in [0.5, 0.6) is 0 Å². The van der Waals surface area contributed by atoms with E-state index < -0.39 is 11.4 Å². The number of rotatable bonds is 5. The first-order valence-electron chi connectivity index (χ1n) is 12.7. The van der Waals surface area contributed by atoms with Gasteiger partial charge in [0.15, 0.2) is 11.0 Å². The Hall–Kier alpha value is -4.23. The van der Waals surface area contributed by atoms with Crippen molar-refractivity contribution in [3.63, 3.8) is 0 Å². The highest BCUT2D eigenvalue weighted by Crippen LogP contribution is 2.52. The molecule has 3 aromatic carbocycles. The first-order chi connectivity index (χ1) is 18.3. The summed E-state index contributed by atoms with van der Waals surface area (Å²) in [5, 5.41) is 0.356. The normalized spacial score (nSPS) is 18.1. The van der Waals surface area contributed by atoms with Gasteiger partial charge in [-0.25, -0.2) is 0 Å². The molecule has 1 unspecified atom stereocenters. The number of nitrogens with zero attached hydrogens (tertiary/aromatic N) is 2. The summed E-state index contributed by atoms with van der Waals surface area (Å²) in [6, 6.07) is 18.9. The largest absolute Gasteiger partial charge is 0.450 e. The lowest BCUT2D eigenvalue weighted by Crippen LogP contribution is -2.54. The first kappa shape index (κ1) is 24.1. The Morgan fingerprint density at radius 1 is 0.921 bits per heavy atom. The fraction of sp³-hybridized carbons (Fsp3) is 0.258. The second kappa shape index (κ2) is 8.67. The van der Waals surface area contributed by atoms with Gasteiger partial charge in [-0.15, -0.1) is 0 Å². The molecule has 0 saturated heterocycles. The van der Waals surface area contributed by atoms with Gasteiger partial charge in [0.1, 0.15) is 5.58 Å². The molecule has 1 aromatic heterocycles. The fourth-order valence-corrected chi connectivity index (χ4v) is 5.76. The van der Waals surface area contributed by atoms with Gasteiger partial charge in [0, 0.05) is 19.2 Å². The van der Waals surface area contributed by atoms with Crippen LogP contribution in [0, 0.1) is 20.8 Å². The first-order valence-corrected chi connectivity index (χ1v) is 12.7. The van der Waals surface area contributed by atoms with Crippen LogP contribution in [0.2, 0.25) is 0 Å². The number of anilines is 1. The number of fused-ring (bicyclic) bond motifs is 5. The Labute approximate surface area is 220 Å². The smallest absolute Gasteiger partial charge is 0.291 e. The molecular formula is C31H28N2O5. The predicted molar refractivity (Wildman–Crippen MR) is 144 cm³/mol. The third kappa shape index (κ3) is 3.21. The van der Waals surface area contributed by atoms with Gasteiger partial charge in [0.05, 0.1) is 29.8 Å². The molecule has 2 amide bonds. The highest BCUT2D eigenvalue weighted by molar-refractivity contribution is 6.17. The number of amides is 2. The summed E-state index contributed by atoms with van der Waals surface area (Å²) in [5.41, 5.74) is 3.62. The van der Waals surface area contributed by atoms with E-state index in [2.05, 4.69) is 0 Å². The fourth-order valence-electron chi connectivity index (χ4n) is 5.76. The summed E-state index contributed by atoms with van der Waals surface area (Å²) in [7, 11) is 1.54. The van der Waals surface area contributed by atoms with Crippen LogP contribution in [-0.2, 0) is 21.6 Å². The zero-order chi connectivity index (χ0) is 26.8. The van der Waals surface area contributed by atoms with Crippen LogP contribution in [-0.4, -0.2) is 37.0 Å². The number of ether oxygens (including phenoxy) is 1. The van der Waals surface area contributed by atoms with E-state index in [-0.39, 0.29) is 35.8 Å². The van der Waals surface area contributed by atoms with Crippen molar-refractivity contribution in [1.29, 1.82) is 0 Å². The summed E-state index contributed by atoms with van der Waals surface area (Å²) in [4.78, 5) is 46.0. The average molecular weight is 509 g/mol. The molecular weight excluding hydrogens is 480 g/mol. The van der Waals surface area contributed by atoms with E-state index in [1.165, 1.54) is 12.0 Å². The Morgan fingerprint density at radius 2 is 1.63 bits per heavy atom. The molecule has 3 heterocycles. The van der Waals surface area contributed by atoms with Crippen LogP contribution in [0.1, 0.15) is 43.9 Å². The van der Waals surface area contributed by atoms with Gasteiger partial charge in [0.25, 0.3) is 11.8 Å². The maximum atomic E-state index is 14.7. The summed E-state index contributed by atoms with van der Waals surface area (Å²) < 4.78 is 11.5. The van der Waals surface area contributed by atoms with Crippen molar-refractivity contribution in [2.75, 3.05) is 25.2 Å². The van der Waals surface area contributed by atoms with Gasteiger partial charge in [-0.1, -0.05) is 48.0 Å². The molecule has 0 fully saturated rings. The number of para-hydroxylation sites is 1. The Morgan fingerprint density at radius 3 is 2.37 bits per heavy atom. The standard InChI is InChI=1S/C31H28N2O5/c1-18-9-11-21(12-10-18)17-32-24-8-6-5-7-23(24)31(30(32)36)26-27(34)22-15-19(2)20(3)16-25(22)38-28(26)29(35)33(31)13-14-37-4/h5-12,15-16H,13-14,17H2,1-4H3. The zero-order valence-electron chi connectivity index (χ0n) is 21.8. The Balaban J connectivity index is 1.64. The number of benzene rings is 3. The van der Waals surface area contributed by atoms with E-state index >= 15 is 0 Å². The van der Waals surface area contributed by atoms with E-state index in [0.717, 1.165) is 22.3 Å². The van der Waals surface area contributed by atoms with Crippen molar-refractivity contribution in [2.24, 2.45) is 0 Å². The van der Waals surface area contributed by atoms with Crippen molar-refractivity contribution >= 4 is 28.5 Å². The quantitative estimate of drug-likeness (QED) is 0.393. The van der Waals surface area contributed by atoms with Crippen LogP contribution in [0.4, 0.5) is 5.69 Å². The summed E-state index contributed by atoms with van der Waals surface area (Å²) in [5.74, 6) is -0.922. The summed E-state index contributed by atoms with van der Waals surface area (Å²) in [6.45, 7) is 6.47. The molecule has 7 heteroatoms. The molecule has 1 spiro atoms. The third-order valence-corrected chi connectivity index (χ3v) is 7.83. The lowest BCUT2D eigenvalue weighted by molar-refractivity contribution is -0.126. The molecule has 0 saturated carbocycles. The highest BCUT2D eigenvalue weighted by Gasteiger charge is 2.64. The summed E-state index contributed by atoms with van der Waals surface area (Å²) >= 11 is 0. The van der Waals surface area contributed by atoms with Crippen molar-refractivity contribution in [3.8, 4) is 0 Å². The van der Waals surface area contributed by atoms with Crippen LogP contribution < -0.4 is 10.3 Å². The topological polar surface area (TPSA) is 80.1 Å². The molecule has 2 aliphatic heterocycles. The number of aryl methyl sites for hydroxylation is 3. The number of carbonyl (C=O) groups is 2. The van der Waals surface area contributed by atoms with Gasteiger partial charge in [-0.2, -0.15) is 0 Å². The van der Waals surface area contributed by atoms with Gasteiger partial charge in [-0.05, 0) is 55.7 Å². The third-order valence-electron chi connectivity index (χ3n) is 7.83. The number of hydrogen-bond acceptors (Lipinski definition) is 5. The molecule has 6 rings (SSSR count). The Kier molecular flexibility index (Phi) is 5.50. The van der Waals surface area contributed by atoms with Gasteiger partial charge >= 0.3 is 0 Å². The second-order valence-corrected chi connectivity index (χ2v) is 10.1. The highest BCUT2D eigenvalue weighted by atomic mass is 16.5. The SMILES string of the molecule is COCCN1C(=O)c2oc3cc(C)c(C)cc3c(=O)c2C12C(=O)N(Cc1ccc(C)cc1)c1ccccc12. The van der Waals surface area contributed by atoms with E-state index in [1.54, 1.807) is 17.0 Å². The Bertz CT molecular complexity index is 1690. The summed E-state index contributed by atoms with van der Waals surface area (Å²) in [6.07, 6.45) is 0. The molecule has 1 atom stereocenters. The second-order valence-electron chi connectivity index (χ2n) is 10.1. The maximum absolute atomic E-state index is 14.7. The number of hydrogen-bond donors (Lipinski definition) is 0. The minimum atomic E-state index is -1.64. The molecule has 192 valence electrons. The molecule has 0 bridgehead atoms. The molecule has 0 radical (unpaired) electrons. The van der Waals surface area contributed by atoms with E-state index in [9.17, 15) is 14.4 Å².